The number of carbonyl (C=O) groups is 1. The van der Waals surface area contributed by atoms with Crippen molar-refractivity contribution in [3.63, 3.8) is 0 Å². The lowest BCUT2D eigenvalue weighted by molar-refractivity contribution is -0.379. The van der Waals surface area contributed by atoms with Crippen molar-refractivity contribution in [2.45, 2.75) is 478 Å². The molecule has 3 rings (SSSR count). The Labute approximate surface area is 614 Å². The van der Waals surface area contributed by atoms with E-state index in [1.54, 1.807) is 0 Å². The molecule has 0 radical (unpaired) electrons. The lowest BCUT2D eigenvalue weighted by Gasteiger charge is -2.48. The zero-order valence-corrected chi connectivity index (χ0v) is 64.2. The Morgan fingerprint density at radius 2 is 0.624 bits per heavy atom. The van der Waals surface area contributed by atoms with Gasteiger partial charge in [-0.05, 0) is 38.5 Å². The third-order valence-electron chi connectivity index (χ3n) is 21.6. The minimum atomic E-state index is -1.97. The van der Waals surface area contributed by atoms with Gasteiger partial charge in [0.15, 0.2) is 18.9 Å². The van der Waals surface area contributed by atoms with Gasteiger partial charge >= 0.3 is 0 Å². The number of unbranched alkanes of at least 4 members (excludes halogenated alkanes) is 51. The number of rotatable bonds is 69. The first-order valence-electron chi connectivity index (χ1n) is 42.4. The molecule has 17 unspecified atom stereocenters. The molecule has 0 spiro atoms. The van der Waals surface area contributed by atoms with Crippen LogP contribution in [0.5, 0.6) is 0 Å². The van der Waals surface area contributed by atoms with Crippen LogP contribution in [0.4, 0.5) is 0 Å². The van der Waals surface area contributed by atoms with Gasteiger partial charge in [-0.15, -0.1) is 0 Å². The SMILES string of the molecule is CCCCCCCCCC/C=C\CCCCCCCCCCCCCCCCCCCCCCCCCC(=O)NC(COC1OC(CO)C(OC2OC(CO)C(OC3OC(CO)C(O)C(O)C3O)C(O)C2O)C(O)C1O)C(O)CCCCCCCCCCCCCCCCCCCCCCC. The van der Waals surface area contributed by atoms with Crippen LogP contribution < -0.4 is 5.32 Å². The minimum Gasteiger partial charge on any atom is -0.394 e. The third-order valence-corrected chi connectivity index (χ3v) is 21.6. The van der Waals surface area contributed by atoms with Gasteiger partial charge in [0, 0.05) is 6.42 Å². The van der Waals surface area contributed by atoms with Crippen molar-refractivity contribution in [3.05, 3.63) is 12.2 Å². The molecule has 0 bridgehead atoms. The van der Waals surface area contributed by atoms with Crippen molar-refractivity contribution in [3.8, 4) is 0 Å². The maximum absolute atomic E-state index is 13.5. The molecule has 17 atom stereocenters. The first kappa shape index (κ1) is 93.7. The van der Waals surface area contributed by atoms with Gasteiger partial charge in [0.1, 0.15) is 73.2 Å². The Morgan fingerprint density at radius 1 is 0.347 bits per heavy atom. The highest BCUT2D eigenvalue weighted by molar-refractivity contribution is 5.76. The number of carbonyl (C=O) groups excluding carboxylic acids is 1. The summed E-state index contributed by atoms with van der Waals surface area (Å²) in [5.74, 6) is -0.233. The van der Waals surface area contributed by atoms with Crippen molar-refractivity contribution in [1.82, 2.24) is 5.32 Å². The summed E-state index contributed by atoms with van der Waals surface area (Å²) >= 11 is 0. The van der Waals surface area contributed by atoms with Gasteiger partial charge in [-0.25, -0.2) is 0 Å². The number of ether oxygens (including phenoxy) is 6. The van der Waals surface area contributed by atoms with E-state index in [4.69, 9.17) is 28.4 Å². The molecular formula is C82H157NO18. The Balaban J connectivity index is 1.32. The van der Waals surface area contributed by atoms with E-state index in [2.05, 4.69) is 31.3 Å². The summed E-state index contributed by atoms with van der Waals surface area (Å²) in [6.45, 7) is 1.87. The Hall–Kier alpha value is -1.47. The highest BCUT2D eigenvalue weighted by Crippen LogP contribution is 2.34. The van der Waals surface area contributed by atoms with E-state index in [0.717, 1.165) is 44.9 Å². The van der Waals surface area contributed by atoms with Crippen LogP contribution in [-0.2, 0) is 33.2 Å². The molecule has 0 aromatic carbocycles. The normalized spacial score (nSPS) is 26.3. The molecular weight excluding hydrogens is 1290 g/mol. The Morgan fingerprint density at radius 3 is 0.960 bits per heavy atom. The van der Waals surface area contributed by atoms with Gasteiger partial charge in [-0.2, -0.15) is 0 Å². The minimum absolute atomic E-state index is 0.233. The predicted molar refractivity (Wildman–Crippen MR) is 402 cm³/mol. The van der Waals surface area contributed by atoms with Gasteiger partial charge in [-0.1, -0.05) is 341 Å². The molecule has 3 heterocycles. The predicted octanol–water partition coefficient (Wildman–Crippen LogP) is 14.7. The van der Waals surface area contributed by atoms with Crippen LogP contribution in [0.25, 0.3) is 0 Å². The molecule has 0 aliphatic carbocycles. The Kier molecular flexibility index (Phi) is 58.9. The molecule has 19 heteroatoms. The van der Waals surface area contributed by atoms with Crippen molar-refractivity contribution < 1.29 is 89.4 Å². The van der Waals surface area contributed by atoms with Gasteiger partial charge in [0.25, 0.3) is 0 Å². The number of hydrogen-bond donors (Lipinski definition) is 12. The summed E-state index contributed by atoms with van der Waals surface area (Å²) in [4.78, 5) is 13.5. The molecule has 0 saturated carbocycles. The van der Waals surface area contributed by atoms with E-state index in [1.165, 1.54) is 295 Å². The van der Waals surface area contributed by atoms with Crippen LogP contribution >= 0.6 is 0 Å². The molecule has 0 aromatic rings. The fourth-order valence-electron chi connectivity index (χ4n) is 14.8. The molecule has 101 heavy (non-hydrogen) atoms. The fraction of sp³-hybridized carbons (Fsp3) is 0.963. The summed E-state index contributed by atoms with van der Waals surface area (Å²) in [6.07, 6.45) is 48.9. The molecule has 3 aliphatic heterocycles. The number of allylic oxidation sites excluding steroid dienone is 2. The summed E-state index contributed by atoms with van der Waals surface area (Å²) in [5, 5.41) is 121. The lowest BCUT2D eigenvalue weighted by Crippen LogP contribution is -2.66. The average molecular weight is 1450 g/mol. The molecule has 12 N–H and O–H groups in total. The van der Waals surface area contributed by atoms with Crippen LogP contribution in [-0.4, -0.2) is 193 Å². The van der Waals surface area contributed by atoms with E-state index < -0.39 is 124 Å². The lowest BCUT2D eigenvalue weighted by atomic mass is 9.96. The summed E-state index contributed by atoms with van der Waals surface area (Å²) < 4.78 is 34.6. The number of nitrogens with one attached hydrogen (secondary N) is 1. The Bertz CT molecular complexity index is 1870. The molecule has 3 aliphatic rings. The fourth-order valence-corrected chi connectivity index (χ4v) is 14.8. The molecule has 19 nitrogen and oxygen atoms in total. The second-order valence-corrected chi connectivity index (χ2v) is 30.7. The van der Waals surface area contributed by atoms with Crippen molar-refractivity contribution in [2.75, 3.05) is 26.4 Å². The second kappa shape index (κ2) is 63.5. The number of hydrogen-bond acceptors (Lipinski definition) is 18. The van der Waals surface area contributed by atoms with Gasteiger partial charge in [0.05, 0.1) is 38.6 Å². The number of aliphatic hydroxyl groups excluding tert-OH is 11. The van der Waals surface area contributed by atoms with Gasteiger partial charge in [-0.3, -0.25) is 4.79 Å². The van der Waals surface area contributed by atoms with E-state index in [9.17, 15) is 61.0 Å². The van der Waals surface area contributed by atoms with Crippen LogP contribution in [0.1, 0.15) is 373 Å². The summed E-state index contributed by atoms with van der Waals surface area (Å²) in [7, 11) is 0. The van der Waals surface area contributed by atoms with Crippen molar-refractivity contribution >= 4 is 5.91 Å². The van der Waals surface area contributed by atoms with E-state index in [0.29, 0.717) is 12.8 Å². The monoisotopic (exact) mass is 1440 g/mol. The smallest absolute Gasteiger partial charge is 0.220 e. The molecule has 3 saturated heterocycles. The third kappa shape index (κ3) is 43.3. The molecule has 598 valence electrons. The standard InChI is InChI=1S/C82H157NO18/c1-3-5-7-9-11-13-15-17-19-21-23-25-26-27-28-29-30-31-32-33-34-35-36-37-38-40-42-44-46-48-50-52-54-56-58-60-70(88)83-65(66(87)59-57-55-53-51-49-47-45-43-41-39-24-22-20-18-16-14-12-10-8-6-4-2)64-96-80-76(94)73(91)78(68(62-85)98-80)101-82-77(95)74(92)79(69(63-86)99-82)100-81-75(93)72(90)71(89)67(61-84)97-81/h21,23,65-69,71-82,84-87,89-95H,3-20,22,24-64H2,1-2H3,(H,83,88)/b23-21-. The zero-order valence-electron chi connectivity index (χ0n) is 64.2. The van der Waals surface area contributed by atoms with Crippen LogP contribution in [0.2, 0.25) is 0 Å². The van der Waals surface area contributed by atoms with Crippen LogP contribution in [0.3, 0.4) is 0 Å². The first-order chi connectivity index (χ1) is 49.3. The second-order valence-electron chi connectivity index (χ2n) is 30.7. The quantitative estimate of drug-likeness (QED) is 0.0199. The average Bonchev–Trinajstić information content (AvgIpc) is 0.782. The first-order valence-corrected chi connectivity index (χ1v) is 42.4. The summed E-state index contributed by atoms with van der Waals surface area (Å²) in [6, 6.07) is -0.885. The van der Waals surface area contributed by atoms with Gasteiger partial charge < -0.3 is 89.9 Å². The van der Waals surface area contributed by atoms with E-state index >= 15 is 0 Å². The highest BCUT2D eigenvalue weighted by Gasteiger charge is 2.54. The number of aliphatic hydroxyl groups is 11. The maximum atomic E-state index is 13.5. The highest BCUT2D eigenvalue weighted by atomic mass is 16.8. The van der Waals surface area contributed by atoms with E-state index in [1.807, 2.05) is 0 Å². The largest absolute Gasteiger partial charge is 0.394 e. The topological polar surface area (TPSA) is 307 Å². The van der Waals surface area contributed by atoms with Crippen molar-refractivity contribution in [1.29, 1.82) is 0 Å². The van der Waals surface area contributed by atoms with Crippen LogP contribution in [0, 0.1) is 0 Å². The molecule has 1 amide bonds. The molecule has 3 fully saturated rings. The zero-order chi connectivity index (χ0) is 73.2. The van der Waals surface area contributed by atoms with Crippen LogP contribution in [0.15, 0.2) is 12.2 Å². The van der Waals surface area contributed by atoms with Crippen molar-refractivity contribution in [2.24, 2.45) is 0 Å². The molecule has 0 aromatic heterocycles. The van der Waals surface area contributed by atoms with Gasteiger partial charge in [0.2, 0.25) is 5.91 Å². The maximum Gasteiger partial charge on any atom is 0.220 e. The summed E-state index contributed by atoms with van der Waals surface area (Å²) in [5.41, 5.74) is 0. The number of amides is 1. The van der Waals surface area contributed by atoms with E-state index in [-0.39, 0.29) is 18.9 Å².